The van der Waals surface area contributed by atoms with Gasteiger partial charge >= 0.3 is 5.97 Å². The van der Waals surface area contributed by atoms with Gasteiger partial charge in [0.05, 0.1) is 16.8 Å². The maximum atomic E-state index is 14.6. The number of carboxylic acids is 1. The first-order valence-electron chi connectivity index (χ1n) is 15.0. The summed E-state index contributed by atoms with van der Waals surface area (Å²) in [5.74, 6) is 0.0800. The van der Waals surface area contributed by atoms with Crippen molar-refractivity contribution >= 4 is 60.8 Å². The highest BCUT2D eigenvalue weighted by Gasteiger charge is 2.28. The maximum Gasteiger partial charge on any atom is 0.355 e. The van der Waals surface area contributed by atoms with Crippen LogP contribution in [0.25, 0.3) is 10.2 Å². The molecule has 0 fully saturated rings. The molecule has 0 unspecified atom stereocenters. The summed E-state index contributed by atoms with van der Waals surface area (Å²) in [4.78, 5) is 23.9. The first-order chi connectivity index (χ1) is 21.9. The van der Waals surface area contributed by atoms with E-state index in [0.29, 0.717) is 41.0 Å². The Morgan fingerprint density at radius 2 is 1.98 bits per heavy atom. The number of hydrogen-bond donors (Lipinski definition) is 3. The molecule has 0 radical (unpaired) electrons. The highest BCUT2D eigenvalue weighted by molar-refractivity contribution is 7.22. The lowest BCUT2D eigenvalue weighted by Crippen LogP contribution is -2.27. The minimum Gasteiger partial charge on any atom is -0.491 e. The first kappa shape index (κ1) is 30.8. The number of aryl methyl sites for hydroxylation is 2. The number of nitrogens with one attached hydrogen (secondary N) is 2. The number of benzene rings is 2. The quantitative estimate of drug-likeness (QED) is 0.119. The Bertz CT molecular complexity index is 1790. The molecule has 0 saturated carbocycles. The van der Waals surface area contributed by atoms with Crippen molar-refractivity contribution in [3.05, 3.63) is 75.5 Å². The van der Waals surface area contributed by atoms with Gasteiger partial charge in [0, 0.05) is 22.5 Å². The number of para-hydroxylation sites is 1. The molecule has 6 rings (SSSR count). The highest BCUT2D eigenvalue weighted by atomic mass is 32.1. The Hall–Kier alpha value is -4.20. The zero-order valence-corrected chi connectivity index (χ0v) is 26.7. The molecule has 0 bridgehead atoms. The van der Waals surface area contributed by atoms with Gasteiger partial charge < -0.3 is 25.4 Å². The molecule has 0 amide bonds. The highest BCUT2D eigenvalue weighted by Crippen LogP contribution is 2.39. The molecule has 3 N–H and O–H groups in total. The Morgan fingerprint density at radius 1 is 1.11 bits per heavy atom. The fraction of sp³-hybridized carbons (Fsp3) is 0.344. The lowest BCUT2D eigenvalue weighted by atomic mass is 10.0. The van der Waals surface area contributed by atoms with E-state index >= 15 is 0 Å². The van der Waals surface area contributed by atoms with Gasteiger partial charge in [-0.25, -0.2) is 19.2 Å². The monoisotopic (exact) mass is 647 g/mol. The van der Waals surface area contributed by atoms with Crippen LogP contribution in [0, 0.1) is 12.7 Å². The van der Waals surface area contributed by atoms with Gasteiger partial charge in [0.1, 0.15) is 0 Å². The van der Waals surface area contributed by atoms with Crippen molar-refractivity contribution in [2.45, 2.75) is 45.4 Å². The molecule has 3 aromatic heterocycles. The van der Waals surface area contributed by atoms with Crippen LogP contribution in [0.5, 0.6) is 5.75 Å². The number of halogens is 1. The van der Waals surface area contributed by atoms with Gasteiger partial charge in [-0.1, -0.05) is 29.5 Å². The van der Waals surface area contributed by atoms with Gasteiger partial charge in [0.15, 0.2) is 39.2 Å². The molecular formula is C32H34FN7O3S2. The fourth-order valence-corrected chi connectivity index (χ4v) is 7.39. The Morgan fingerprint density at radius 3 is 2.78 bits per heavy atom. The van der Waals surface area contributed by atoms with E-state index in [2.05, 4.69) is 30.8 Å². The van der Waals surface area contributed by atoms with E-state index in [1.165, 1.54) is 17.4 Å². The van der Waals surface area contributed by atoms with E-state index < -0.39 is 5.97 Å². The van der Waals surface area contributed by atoms with E-state index in [1.54, 1.807) is 17.4 Å². The number of carbonyl (C=O) groups is 1. The van der Waals surface area contributed by atoms with Crippen LogP contribution < -0.4 is 20.3 Å². The van der Waals surface area contributed by atoms with Gasteiger partial charge in [-0.05, 0) is 88.9 Å². The van der Waals surface area contributed by atoms with Gasteiger partial charge in [-0.15, -0.1) is 21.5 Å². The average Bonchev–Trinajstić information content (AvgIpc) is 3.65. The summed E-state index contributed by atoms with van der Waals surface area (Å²) in [5, 5.41) is 26.7. The van der Waals surface area contributed by atoms with Crippen molar-refractivity contribution in [3.8, 4) is 5.75 Å². The summed E-state index contributed by atoms with van der Waals surface area (Å²) in [5.41, 5.74) is 3.92. The molecule has 5 aromatic rings. The lowest BCUT2D eigenvalue weighted by molar-refractivity contribution is 0.0690. The molecule has 0 saturated heterocycles. The predicted molar refractivity (Wildman–Crippen MR) is 177 cm³/mol. The van der Waals surface area contributed by atoms with Crippen molar-refractivity contribution in [1.29, 1.82) is 0 Å². The number of carboxylic acid groups (broad SMARTS) is 1. The summed E-state index contributed by atoms with van der Waals surface area (Å²) < 4.78 is 21.4. The third-order valence-corrected chi connectivity index (χ3v) is 9.81. The molecule has 45 heavy (non-hydrogen) atoms. The van der Waals surface area contributed by atoms with Crippen LogP contribution in [0.4, 0.5) is 26.3 Å². The summed E-state index contributed by atoms with van der Waals surface area (Å²) >= 11 is 2.90. The van der Waals surface area contributed by atoms with E-state index in [9.17, 15) is 14.3 Å². The Kier molecular flexibility index (Phi) is 9.47. The maximum absolute atomic E-state index is 14.6. The second-order valence-corrected chi connectivity index (χ2v) is 12.9. The number of fused-ring (bicyclic) bond motifs is 2. The molecular weight excluding hydrogens is 614 g/mol. The summed E-state index contributed by atoms with van der Waals surface area (Å²) in [6, 6.07) is 13.0. The van der Waals surface area contributed by atoms with Crippen molar-refractivity contribution in [1.82, 2.24) is 25.5 Å². The Labute approximate surface area is 268 Å². The van der Waals surface area contributed by atoms with Crippen LogP contribution in [0.1, 0.15) is 51.3 Å². The fourth-order valence-electron chi connectivity index (χ4n) is 5.40. The van der Waals surface area contributed by atoms with Crippen molar-refractivity contribution < 1.29 is 19.0 Å². The van der Waals surface area contributed by atoms with Gasteiger partial charge in [-0.2, -0.15) is 0 Å². The van der Waals surface area contributed by atoms with E-state index in [1.807, 2.05) is 49.2 Å². The Balaban J connectivity index is 1.13. The summed E-state index contributed by atoms with van der Waals surface area (Å²) in [6.45, 7) is 3.80. The number of ether oxygens (including phenoxy) is 1. The predicted octanol–water partition coefficient (Wildman–Crippen LogP) is 6.68. The molecule has 0 aliphatic carbocycles. The topological polar surface area (TPSA) is 125 Å². The number of hydrogen-bond acceptors (Lipinski definition) is 11. The van der Waals surface area contributed by atoms with Crippen LogP contribution in [0.3, 0.4) is 0 Å². The SMILES string of the molecule is CNCCCc1ccc(OCCCc2sc(N3CCCc4c3nnc(Nc3nc5ccccc5s3)c4C)nc2C(=O)O)c(F)c1. The zero-order chi connectivity index (χ0) is 31.3. The molecule has 0 atom stereocenters. The zero-order valence-electron chi connectivity index (χ0n) is 25.1. The van der Waals surface area contributed by atoms with Crippen LogP contribution in [0.15, 0.2) is 42.5 Å². The van der Waals surface area contributed by atoms with Crippen LogP contribution in [-0.2, 0) is 19.3 Å². The van der Waals surface area contributed by atoms with Gasteiger partial charge in [0.2, 0.25) is 0 Å². The largest absolute Gasteiger partial charge is 0.491 e. The van der Waals surface area contributed by atoms with E-state index in [0.717, 1.165) is 64.3 Å². The first-order valence-corrected chi connectivity index (χ1v) is 16.6. The minimum atomic E-state index is -1.08. The number of thiazole rings is 2. The number of rotatable bonds is 13. The third kappa shape index (κ3) is 6.90. The molecule has 10 nitrogen and oxygen atoms in total. The molecule has 4 heterocycles. The average molecular weight is 648 g/mol. The van der Waals surface area contributed by atoms with Crippen LogP contribution in [0.2, 0.25) is 0 Å². The number of nitrogens with zero attached hydrogens (tertiary/aromatic N) is 5. The molecule has 13 heteroatoms. The minimum absolute atomic E-state index is 0.0260. The van der Waals surface area contributed by atoms with Gasteiger partial charge in [0.25, 0.3) is 0 Å². The number of aromatic nitrogens is 4. The second kappa shape index (κ2) is 13.8. The summed E-state index contributed by atoms with van der Waals surface area (Å²) in [7, 11) is 1.90. The van der Waals surface area contributed by atoms with Gasteiger partial charge in [-0.3, -0.25) is 0 Å². The molecule has 2 aromatic carbocycles. The third-order valence-electron chi connectivity index (χ3n) is 7.72. The van der Waals surface area contributed by atoms with Crippen LogP contribution >= 0.6 is 22.7 Å². The standard InChI is InChI=1S/C32H34FN7O3S2/c1-19-21-9-6-16-40(29(21)39-38-28(19)37-31-35-23-10-3-4-11-25(23)44-31)32-36-27(30(41)42)26(45-32)12-7-17-43-24-14-13-20(18-22(24)33)8-5-15-34-2/h3-4,10-11,13-14,18,34H,5-9,12,15-17H2,1-2H3,(H,41,42)(H,35,37,38). The molecule has 0 spiro atoms. The molecule has 1 aliphatic rings. The van der Waals surface area contributed by atoms with E-state index in [4.69, 9.17) is 4.74 Å². The van der Waals surface area contributed by atoms with Crippen LogP contribution in [-0.4, -0.2) is 58.0 Å². The molecule has 1 aliphatic heterocycles. The lowest BCUT2D eigenvalue weighted by Gasteiger charge is -2.28. The van der Waals surface area contributed by atoms with Crippen molar-refractivity contribution in [3.63, 3.8) is 0 Å². The number of aromatic carboxylic acids is 1. The van der Waals surface area contributed by atoms with Crippen molar-refractivity contribution in [2.75, 3.05) is 37.0 Å². The smallest absolute Gasteiger partial charge is 0.355 e. The number of anilines is 4. The van der Waals surface area contributed by atoms with Crippen molar-refractivity contribution in [2.24, 2.45) is 0 Å². The summed E-state index contributed by atoms with van der Waals surface area (Å²) in [6.07, 6.45) is 4.37. The normalized spacial score (nSPS) is 12.8. The molecule has 234 valence electrons. The second-order valence-electron chi connectivity index (χ2n) is 10.8. The van der Waals surface area contributed by atoms with E-state index in [-0.39, 0.29) is 23.9 Å².